The Morgan fingerprint density at radius 3 is 2.40 bits per heavy atom. The van der Waals surface area contributed by atoms with Crippen LogP contribution in [0.4, 0.5) is 4.39 Å². The van der Waals surface area contributed by atoms with Gasteiger partial charge in [-0.15, -0.1) is 0 Å². The minimum absolute atomic E-state index is 0.0165. The molecule has 0 fully saturated rings. The third kappa shape index (κ3) is 5.98. The van der Waals surface area contributed by atoms with Crippen LogP contribution in [0.2, 0.25) is 0 Å². The highest BCUT2D eigenvalue weighted by Crippen LogP contribution is 2.18. The molecule has 2 rings (SSSR count). The summed E-state index contributed by atoms with van der Waals surface area (Å²) in [5, 5.41) is 2.97. The first-order chi connectivity index (χ1) is 12.0. The SMILES string of the molecule is CCc1ccc(CCC(=O)NCC(c2cccc(F)c2)N(C)C)cc1. The van der Waals surface area contributed by atoms with Gasteiger partial charge in [0.1, 0.15) is 5.82 Å². The second kappa shape index (κ2) is 9.33. The van der Waals surface area contributed by atoms with Crippen molar-refractivity contribution in [2.24, 2.45) is 0 Å². The highest BCUT2D eigenvalue weighted by Gasteiger charge is 2.15. The number of carbonyl (C=O) groups excluding carboxylic acids is 1. The van der Waals surface area contributed by atoms with Gasteiger partial charge in [0.2, 0.25) is 5.91 Å². The van der Waals surface area contributed by atoms with Crippen molar-refractivity contribution >= 4 is 5.91 Å². The van der Waals surface area contributed by atoms with E-state index in [0.717, 1.165) is 18.4 Å². The van der Waals surface area contributed by atoms with E-state index >= 15 is 0 Å². The molecule has 0 saturated carbocycles. The average molecular weight is 342 g/mol. The molecule has 0 aliphatic heterocycles. The second-order valence-electron chi connectivity index (χ2n) is 6.51. The van der Waals surface area contributed by atoms with Crippen molar-refractivity contribution in [1.29, 1.82) is 0 Å². The van der Waals surface area contributed by atoms with Gasteiger partial charge in [0, 0.05) is 13.0 Å². The molecule has 2 aromatic rings. The zero-order chi connectivity index (χ0) is 18.2. The third-order valence-corrected chi connectivity index (χ3v) is 4.42. The van der Waals surface area contributed by atoms with Crippen LogP contribution in [0.15, 0.2) is 48.5 Å². The van der Waals surface area contributed by atoms with Crippen molar-refractivity contribution < 1.29 is 9.18 Å². The number of benzene rings is 2. The highest BCUT2D eigenvalue weighted by atomic mass is 19.1. The van der Waals surface area contributed by atoms with Gasteiger partial charge in [-0.2, -0.15) is 0 Å². The van der Waals surface area contributed by atoms with Crippen molar-refractivity contribution in [3.8, 4) is 0 Å². The lowest BCUT2D eigenvalue weighted by atomic mass is 10.0. The molecule has 1 atom stereocenters. The molecule has 3 nitrogen and oxygen atoms in total. The number of likely N-dealkylation sites (N-methyl/N-ethyl adjacent to an activating group) is 1. The Morgan fingerprint density at radius 1 is 1.12 bits per heavy atom. The van der Waals surface area contributed by atoms with Gasteiger partial charge in [0.05, 0.1) is 6.04 Å². The number of hydrogen-bond donors (Lipinski definition) is 1. The lowest BCUT2D eigenvalue weighted by Gasteiger charge is -2.25. The number of halogens is 1. The molecule has 0 spiro atoms. The predicted molar refractivity (Wildman–Crippen MR) is 100.0 cm³/mol. The molecule has 25 heavy (non-hydrogen) atoms. The first kappa shape index (κ1) is 19.1. The van der Waals surface area contributed by atoms with E-state index in [2.05, 4.69) is 36.5 Å². The molecule has 0 aromatic heterocycles. The number of aryl methyl sites for hydroxylation is 2. The number of nitrogens with zero attached hydrogens (tertiary/aromatic N) is 1. The van der Waals surface area contributed by atoms with E-state index in [4.69, 9.17) is 0 Å². The maximum absolute atomic E-state index is 13.4. The number of amides is 1. The summed E-state index contributed by atoms with van der Waals surface area (Å²) in [5.41, 5.74) is 3.33. The Labute approximate surface area is 149 Å². The molecule has 134 valence electrons. The van der Waals surface area contributed by atoms with Gasteiger partial charge in [-0.05, 0) is 55.8 Å². The predicted octanol–water partition coefficient (Wildman–Crippen LogP) is 3.74. The summed E-state index contributed by atoms with van der Waals surface area (Å²) in [6, 6.07) is 14.9. The van der Waals surface area contributed by atoms with Crippen molar-refractivity contribution in [1.82, 2.24) is 10.2 Å². The van der Waals surface area contributed by atoms with Crippen molar-refractivity contribution in [3.63, 3.8) is 0 Å². The fraction of sp³-hybridized carbons (Fsp3) is 0.381. The summed E-state index contributed by atoms with van der Waals surface area (Å²) in [4.78, 5) is 14.1. The smallest absolute Gasteiger partial charge is 0.220 e. The Hall–Kier alpha value is -2.20. The molecule has 0 aliphatic rings. The molecule has 0 heterocycles. The standard InChI is InChI=1S/C21H27FN2O/c1-4-16-8-10-17(11-9-16)12-13-21(25)23-15-20(24(2)3)18-6-5-7-19(22)14-18/h5-11,14,20H,4,12-13,15H2,1-3H3,(H,23,25). The molecule has 1 unspecified atom stereocenters. The summed E-state index contributed by atoms with van der Waals surface area (Å²) < 4.78 is 13.4. The van der Waals surface area contributed by atoms with Gasteiger partial charge in [0.25, 0.3) is 0 Å². The molecule has 1 amide bonds. The second-order valence-corrected chi connectivity index (χ2v) is 6.51. The maximum Gasteiger partial charge on any atom is 0.220 e. The Kier molecular flexibility index (Phi) is 7.14. The van der Waals surface area contributed by atoms with Gasteiger partial charge in [-0.25, -0.2) is 4.39 Å². The largest absolute Gasteiger partial charge is 0.354 e. The minimum Gasteiger partial charge on any atom is -0.354 e. The summed E-state index contributed by atoms with van der Waals surface area (Å²) in [5.74, 6) is -0.242. The normalized spacial score (nSPS) is 12.2. The molecular weight excluding hydrogens is 315 g/mol. The van der Waals surface area contributed by atoms with Crippen LogP contribution in [0.25, 0.3) is 0 Å². The Morgan fingerprint density at radius 2 is 1.80 bits per heavy atom. The van der Waals surface area contributed by atoms with Gasteiger partial charge >= 0.3 is 0 Å². The van der Waals surface area contributed by atoms with E-state index in [0.29, 0.717) is 13.0 Å². The number of carbonyl (C=O) groups is 1. The van der Waals surface area contributed by atoms with Crippen LogP contribution >= 0.6 is 0 Å². The van der Waals surface area contributed by atoms with Crippen LogP contribution < -0.4 is 5.32 Å². The fourth-order valence-corrected chi connectivity index (χ4v) is 2.81. The van der Waals surface area contributed by atoms with Gasteiger partial charge < -0.3 is 10.2 Å². The van der Waals surface area contributed by atoms with Gasteiger partial charge in [0.15, 0.2) is 0 Å². The van der Waals surface area contributed by atoms with Crippen LogP contribution in [0.5, 0.6) is 0 Å². The highest BCUT2D eigenvalue weighted by molar-refractivity contribution is 5.76. The summed E-state index contributed by atoms with van der Waals surface area (Å²) in [6.07, 6.45) is 2.20. The van der Waals surface area contributed by atoms with E-state index in [9.17, 15) is 9.18 Å². The van der Waals surface area contributed by atoms with Crippen LogP contribution in [0.3, 0.4) is 0 Å². The third-order valence-electron chi connectivity index (χ3n) is 4.42. The maximum atomic E-state index is 13.4. The van der Waals surface area contributed by atoms with E-state index < -0.39 is 0 Å². The topological polar surface area (TPSA) is 32.3 Å². The van der Waals surface area contributed by atoms with Crippen LogP contribution in [0.1, 0.15) is 36.1 Å². The monoisotopic (exact) mass is 342 g/mol. The van der Waals surface area contributed by atoms with Crippen LogP contribution in [-0.2, 0) is 17.6 Å². The molecule has 0 aliphatic carbocycles. The molecular formula is C21H27FN2O. The van der Waals surface area contributed by atoms with E-state index in [1.807, 2.05) is 25.1 Å². The lowest BCUT2D eigenvalue weighted by Crippen LogP contribution is -2.34. The van der Waals surface area contributed by atoms with E-state index in [1.54, 1.807) is 6.07 Å². The van der Waals surface area contributed by atoms with E-state index in [-0.39, 0.29) is 17.8 Å². The van der Waals surface area contributed by atoms with E-state index in [1.165, 1.54) is 23.3 Å². The summed E-state index contributed by atoms with van der Waals surface area (Å²) in [7, 11) is 3.86. The van der Waals surface area contributed by atoms with Gasteiger partial charge in [-0.3, -0.25) is 4.79 Å². The van der Waals surface area contributed by atoms with Gasteiger partial charge in [-0.1, -0.05) is 43.3 Å². The van der Waals surface area contributed by atoms with Crippen molar-refractivity contribution in [2.45, 2.75) is 32.2 Å². The van der Waals surface area contributed by atoms with Crippen LogP contribution in [-0.4, -0.2) is 31.4 Å². The van der Waals surface area contributed by atoms with Crippen LogP contribution in [0, 0.1) is 5.82 Å². The molecule has 0 radical (unpaired) electrons. The van der Waals surface area contributed by atoms with Crippen molar-refractivity contribution in [2.75, 3.05) is 20.6 Å². The zero-order valence-electron chi connectivity index (χ0n) is 15.3. The summed E-state index contributed by atoms with van der Waals surface area (Å²) >= 11 is 0. The quantitative estimate of drug-likeness (QED) is 0.793. The zero-order valence-corrected chi connectivity index (χ0v) is 15.3. The molecule has 2 aromatic carbocycles. The Bertz CT molecular complexity index is 683. The number of hydrogen-bond acceptors (Lipinski definition) is 2. The lowest BCUT2D eigenvalue weighted by molar-refractivity contribution is -0.121. The fourth-order valence-electron chi connectivity index (χ4n) is 2.81. The Balaban J connectivity index is 1.86. The first-order valence-electron chi connectivity index (χ1n) is 8.76. The average Bonchev–Trinajstić information content (AvgIpc) is 2.60. The van der Waals surface area contributed by atoms with Crippen molar-refractivity contribution in [3.05, 3.63) is 71.0 Å². The molecule has 4 heteroatoms. The minimum atomic E-state index is -0.258. The number of nitrogens with one attached hydrogen (secondary N) is 1. The first-order valence-corrected chi connectivity index (χ1v) is 8.76. The summed E-state index contributed by atoms with van der Waals surface area (Å²) in [6.45, 7) is 2.59. The molecule has 0 bridgehead atoms. The number of rotatable bonds is 8. The molecule has 0 saturated heterocycles. The molecule has 1 N–H and O–H groups in total.